The summed E-state index contributed by atoms with van der Waals surface area (Å²) in [4.78, 5) is 32.6. The van der Waals surface area contributed by atoms with Crippen LogP contribution in [0.25, 0.3) is 10.2 Å². The van der Waals surface area contributed by atoms with Gasteiger partial charge in [-0.15, -0.1) is 11.3 Å². The zero-order valence-corrected chi connectivity index (χ0v) is 16.2. The van der Waals surface area contributed by atoms with Gasteiger partial charge in [0, 0.05) is 29.5 Å². The lowest BCUT2D eigenvalue weighted by Crippen LogP contribution is -2.37. The van der Waals surface area contributed by atoms with E-state index >= 15 is 0 Å². The normalized spacial score (nSPS) is 14.2. The van der Waals surface area contributed by atoms with E-state index in [1.165, 1.54) is 4.90 Å². The van der Waals surface area contributed by atoms with Crippen molar-refractivity contribution in [1.29, 1.82) is 0 Å². The van der Waals surface area contributed by atoms with Gasteiger partial charge in [-0.25, -0.2) is 9.78 Å². The number of hydrogen-bond donors (Lipinski definition) is 1. The maximum absolute atomic E-state index is 12.6. The second-order valence-corrected chi connectivity index (χ2v) is 7.97. The molecular formula is C19H17ClN4O2S. The molecule has 138 valence electrons. The van der Waals surface area contributed by atoms with Crippen LogP contribution in [0.3, 0.4) is 0 Å². The van der Waals surface area contributed by atoms with Gasteiger partial charge in [-0.2, -0.15) is 0 Å². The number of fused-ring (bicyclic) bond motifs is 1. The molecule has 1 saturated heterocycles. The SMILES string of the molecule is Cc1nc2cc(NC(=O)CN3CCN(c4cccc(Cl)c4)C3=O)ccc2s1. The van der Waals surface area contributed by atoms with Gasteiger partial charge >= 0.3 is 6.03 Å². The number of carbonyl (C=O) groups excluding carboxylic acids is 2. The molecule has 0 unspecified atom stereocenters. The summed E-state index contributed by atoms with van der Waals surface area (Å²) in [7, 11) is 0. The second kappa shape index (κ2) is 7.17. The van der Waals surface area contributed by atoms with E-state index in [1.54, 1.807) is 34.4 Å². The minimum absolute atomic E-state index is 0.00400. The third kappa shape index (κ3) is 3.74. The molecule has 1 fully saturated rings. The Labute approximate surface area is 165 Å². The summed E-state index contributed by atoms with van der Waals surface area (Å²) >= 11 is 7.62. The van der Waals surface area contributed by atoms with Gasteiger partial charge in [-0.1, -0.05) is 17.7 Å². The molecule has 0 spiro atoms. The third-order valence-corrected chi connectivity index (χ3v) is 5.51. The zero-order valence-electron chi connectivity index (χ0n) is 14.6. The van der Waals surface area contributed by atoms with Crippen molar-refractivity contribution in [2.24, 2.45) is 0 Å². The summed E-state index contributed by atoms with van der Waals surface area (Å²) in [5.74, 6) is -0.234. The van der Waals surface area contributed by atoms with E-state index in [0.717, 1.165) is 20.9 Å². The van der Waals surface area contributed by atoms with Crippen molar-refractivity contribution < 1.29 is 9.59 Å². The van der Waals surface area contributed by atoms with E-state index in [-0.39, 0.29) is 18.5 Å². The molecule has 1 aliphatic heterocycles. The van der Waals surface area contributed by atoms with Crippen LogP contribution in [0.5, 0.6) is 0 Å². The van der Waals surface area contributed by atoms with Gasteiger partial charge in [0.1, 0.15) is 6.54 Å². The average Bonchev–Trinajstić information content (AvgIpc) is 3.16. The Morgan fingerprint density at radius 1 is 1.26 bits per heavy atom. The van der Waals surface area contributed by atoms with Crippen LogP contribution in [0, 0.1) is 6.92 Å². The smallest absolute Gasteiger partial charge is 0.324 e. The van der Waals surface area contributed by atoms with E-state index in [0.29, 0.717) is 23.8 Å². The highest BCUT2D eigenvalue weighted by Crippen LogP contribution is 2.25. The van der Waals surface area contributed by atoms with Gasteiger partial charge in [0.25, 0.3) is 0 Å². The Morgan fingerprint density at radius 3 is 2.93 bits per heavy atom. The molecule has 2 aromatic carbocycles. The van der Waals surface area contributed by atoms with Gasteiger partial charge in [0.2, 0.25) is 5.91 Å². The van der Waals surface area contributed by atoms with Crippen LogP contribution >= 0.6 is 22.9 Å². The first-order valence-corrected chi connectivity index (χ1v) is 9.68. The summed E-state index contributed by atoms with van der Waals surface area (Å²) in [5, 5.41) is 4.40. The topological polar surface area (TPSA) is 65.5 Å². The molecular weight excluding hydrogens is 384 g/mol. The second-order valence-electron chi connectivity index (χ2n) is 6.30. The lowest BCUT2D eigenvalue weighted by atomic mass is 10.3. The Hall–Kier alpha value is -2.64. The fourth-order valence-electron chi connectivity index (χ4n) is 3.11. The summed E-state index contributed by atoms with van der Waals surface area (Å²) < 4.78 is 1.08. The van der Waals surface area contributed by atoms with E-state index < -0.39 is 0 Å². The number of rotatable bonds is 4. The molecule has 4 rings (SSSR count). The number of urea groups is 1. The summed E-state index contributed by atoms with van der Waals surface area (Å²) in [6.45, 7) is 2.97. The van der Waals surface area contributed by atoms with Crippen LogP contribution in [0.4, 0.5) is 16.2 Å². The summed E-state index contributed by atoms with van der Waals surface area (Å²) in [6, 6.07) is 12.6. The Kier molecular flexibility index (Phi) is 4.72. The van der Waals surface area contributed by atoms with Crippen molar-refractivity contribution in [2.75, 3.05) is 29.9 Å². The number of nitrogens with zero attached hydrogens (tertiary/aromatic N) is 3. The number of carbonyl (C=O) groups is 2. The Bertz CT molecular complexity index is 1040. The largest absolute Gasteiger partial charge is 0.325 e. The number of amides is 3. The number of nitrogens with one attached hydrogen (secondary N) is 1. The van der Waals surface area contributed by atoms with Crippen molar-refractivity contribution in [2.45, 2.75) is 6.92 Å². The first kappa shape index (κ1) is 17.8. The van der Waals surface area contributed by atoms with Gasteiger partial charge in [-0.05, 0) is 43.3 Å². The number of aromatic nitrogens is 1. The highest BCUT2D eigenvalue weighted by atomic mass is 35.5. The molecule has 8 heteroatoms. The highest BCUT2D eigenvalue weighted by Gasteiger charge is 2.30. The molecule has 1 N–H and O–H groups in total. The van der Waals surface area contributed by atoms with Crippen LogP contribution in [0.2, 0.25) is 5.02 Å². The van der Waals surface area contributed by atoms with Crippen molar-refractivity contribution in [3.63, 3.8) is 0 Å². The molecule has 2 heterocycles. The van der Waals surface area contributed by atoms with Gasteiger partial charge in [0.15, 0.2) is 0 Å². The predicted molar refractivity (Wildman–Crippen MR) is 109 cm³/mol. The molecule has 0 radical (unpaired) electrons. The van der Waals surface area contributed by atoms with Crippen molar-refractivity contribution in [3.05, 3.63) is 52.5 Å². The number of anilines is 2. The number of thiazole rings is 1. The van der Waals surface area contributed by atoms with Crippen molar-refractivity contribution in [1.82, 2.24) is 9.88 Å². The molecule has 0 saturated carbocycles. The number of halogens is 1. The monoisotopic (exact) mass is 400 g/mol. The quantitative estimate of drug-likeness (QED) is 0.715. The van der Waals surface area contributed by atoms with Crippen LogP contribution in [-0.4, -0.2) is 41.5 Å². The van der Waals surface area contributed by atoms with Gasteiger partial charge in [0.05, 0.1) is 15.2 Å². The van der Waals surface area contributed by atoms with E-state index in [2.05, 4.69) is 10.3 Å². The van der Waals surface area contributed by atoms with E-state index in [4.69, 9.17) is 11.6 Å². The molecule has 0 atom stereocenters. The summed E-state index contributed by atoms with van der Waals surface area (Å²) in [5.41, 5.74) is 2.27. The van der Waals surface area contributed by atoms with Crippen LogP contribution in [0.1, 0.15) is 5.01 Å². The highest BCUT2D eigenvalue weighted by molar-refractivity contribution is 7.18. The van der Waals surface area contributed by atoms with Crippen LogP contribution < -0.4 is 10.2 Å². The average molecular weight is 401 g/mol. The maximum Gasteiger partial charge on any atom is 0.325 e. The number of aryl methyl sites for hydroxylation is 1. The fourth-order valence-corrected chi connectivity index (χ4v) is 4.10. The number of hydrogen-bond acceptors (Lipinski definition) is 4. The minimum Gasteiger partial charge on any atom is -0.324 e. The molecule has 0 bridgehead atoms. The molecule has 3 aromatic rings. The molecule has 1 aromatic heterocycles. The van der Waals surface area contributed by atoms with E-state index in [9.17, 15) is 9.59 Å². The van der Waals surface area contributed by atoms with Crippen molar-refractivity contribution >= 4 is 56.5 Å². The molecule has 1 aliphatic rings. The number of benzene rings is 2. The first-order valence-electron chi connectivity index (χ1n) is 8.49. The van der Waals surface area contributed by atoms with Crippen molar-refractivity contribution in [3.8, 4) is 0 Å². The first-order chi connectivity index (χ1) is 13.0. The fraction of sp³-hybridized carbons (Fsp3) is 0.211. The minimum atomic E-state index is -0.234. The molecule has 27 heavy (non-hydrogen) atoms. The van der Waals surface area contributed by atoms with Crippen LogP contribution in [-0.2, 0) is 4.79 Å². The predicted octanol–water partition coefficient (Wildman–Crippen LogP) is 4.14. The molecule has 0 aliphatic carbocycles. The lowest BCUT2D eigenvalue weighted by Gasteiger charge is -2.18. The van der Waals surface area contributed by atoms with Gasteiger partial charge in [-0.3, -0.25) is 9.69 Å². The van der Waals surface area contributed by atoms with Crippen LogP contribution in [0.15, 0.2) is 42.5 Å². The van der Waals surface area contributed by atoms with E-state index in [1.807, 2.05) is 31.2 Å². The Balaban J connectivity index is 1.41. The zero-order chi connectivity index (χ0) is 19.0. The molecule has 3 amide bonds. The molecule has 6 nitrogen and oxygen atoms in total. The van der Waals surface area contributed by atoms with Gasteiger partial charge < -0.3 is 10.2 Å². The third-order valence-electron chi connectivity index (χ3n) is 4.33. The lowest BCUT2D eigenvalue weighted by molar-refractivity contribution is -0.116. The maximum atomic E-state index is 12.6. The summed E-state index contributed by atoms with van der Waals surface area (Å²) in [6.07, 6.45) is 0. The Morgan fingerprint density at radius 2 is 2.11 bits per heavy atom. The standard InChI is InChI=1S/C19H17ClN4O2S/c1-12-21-16-10-14(5-6-17(16)27-12)22-18(25)11-23-7-8-24(19(23)26)15-4-2-3-13(20)9-15/h2-6,9-10H,7-8,11H2,1H3,(H,22,25).